The summed E-state index contributed by atoms with van der Waals surface area (Å²) in [6.07, 6.45) is 0. The smallest absolute Gasteiger partial charge is 1.00 e. The van der Waals surface area contributed by atoms with Crippen LogP contribution in [0.5, 0.6) is 0 Å². The largest absolute Gasteiger partial charge is 3.00 e. The zero-order valence-electron chi connectivity index (χ0n) is 4.63. The van der Waals surface area contributed by atoms with E-state index in [1.807, 2.05) is 0 Å². The average Bonchev–Trinajstić information content (AvgIpc) is 0. The fourth-order valence-corrected chi connectivity index (χ4v) is 0. The first-order valence-corrected chi connectivity index (χ1v) is 0. The predicted molar refractivity (Wildman–Crippen MR) is 0 cm³/mol. The van der Waals surface area contributed by atoms with Crippen LogP contribution >= 0.6 is 0 Å². The molecule has 3 radical (unpaired) electrons. The van der Waals surface area contributed by atoms with Gasteiger partial charge in [0, 0.05) is 0 Å². The minimum Gasteiger partial charge on any atom is -1.00 e. The van der Waals surface area contributed by atoms with E-state index in [9.17, 15) is 0 Å². The van der Waals surface area contributed by atoms with Crippen molar-refractivity contribution in [3.63, 3.8) is 0 Å². The minimum atomic E-state index is 0. The fraction of sp³-hybridized carbons (Fsp3) is 0. The molecule has 0 aromatic carbocycles. The molecule has 0 atom stereocenters. The van der Waals surface area contributed by atoms with E-state index in [4.69, 9.17) is 0 Å². The molecule has 0 aromatic heterocycles. The van der Waals surface area contributed by atoms with Crippen LogP contribution in [0.1, 0.15) is 0 Å². The molecule has 0 spiro atoms. The van der Waals surface area contributed by atoms with Crippen molar-refractivity contribution in [3.8, 4) is 0 Å². The van der Waals surface area contributed by atoms with Gasteiger partial charge in [-0.3, -0.25) is 0 Å². The van der Waals surface area contributed by atoms with Gasteiger partial charge < -0.3 is 112 Å². The maximum atomic E-state index is 0. The van der Waals surface area contributed by atoms with E-state index >= 15 is 0 Å². The van der Waals surface area contributed by atoms with Gasteiger partial charge in [0.1, 0.15) is 0 Å². The van der Waals surface area contributed by atoms with E-state index in [0.29, 0.717) is 0 Å². The van der Waals surface area contributed by atoms with Gasteiger partial charge >= 0.3 is 52.1 Å². The summed E-state index contributed by atoms with van der Waals surface area (Å²) >= 11 is 0. The maximum absolute atomic E-state index is 0. The monoisotopic (exact) mass is 471 g/mol. The van der Waals surface area contributed by atoms with Crippen LogP contribution in [-0.2, 0) is 52.1 Å². The Morgan fingerprint density at radius 1 is 0.167 bits per heavy atom. The summed E-state index contributed by atoms with van der Waals surface area (Å²) in [4.78, 5) is 0. The van der Waals surface area contributed by atoms with Crippen LogP contribution in [0.25, 0.3) is 0 Å². The normalized spacial score (nSPS) is 0. The van der Waals surface area contributed by atoms with Crippen molar-refractivity contribution in [2.45, 2.75) is 0 Å². The second-order valence-electron chi connectivity index (χ2n) is 0. The van der Waals surface area contributed by atoms with E-state index in [1.54, 1.807) is 0 Å². The SMILES string of the molecule is [Cl-].[Cl-].[Cl-].[Cl-].[Cl-].[Cl-].[Cl-].[Cl-].[Cl-].[Cr+3].[Cr+3].[Cr+3]. The van der Waals surface area contributed by atoms with Crippen molar-refractivity contribution >= 4 is 0 Å². The molecule has 81 valence electrons. The minimum absolute atomic E-state index is 0. The number of rotatable bonds is 0. The van der Waals surface area contributed by atoms with Crippen molar-refractivity contribution in [1.29, 1.82) is 0 Å². The molecule has 0 rings (SSSR count). The summed E-state index contributed by atoms with van der Waals surface area (Å²) in [5.74, 6) is 0. The van der Waals surface area contributed by atoms with Crippen molar-refractivity contribution in [2.75, 3.05) is 0 Å². The molecule has 0 fully saturated rings. The molecule has 0 aliphatic carbocycles. The first kappa shape index (κ1) is 212. The Morgan fingerprint density at radius 2 is 0.167 bits per heavy atom. The van der Waals surface area contributed by atoms with Gasteiger partial charge in [-0.15, -0.1) is 0 Å². The fourth-order valence-electron chi connectivity index (χ4n) is 0. The maximum Gasteiger partial charge on any atom is 3.00 e. The Morgan fingerprint density at radius 3 is 0.167 bits per heavy atom. The second-order valence-corrected chi connectivity index (χ2v) is 0. The van der Waals surface area contributed by atoms with E-state index in [2.05, 4.69) is 0 Å². The molecule has 0 amide bonds. The molecule has 0 N–H and O–H groups in total. The topological polar surface area (TPSA) is 0 Å². The molecule has 12 heteroatoms. The summed E-state index contributed by atoms with van der Waals surface area (Å²) in [6.45, 7) is 0. The molecule has 0 aromatic rings. The van der Waals surface area contributed by atoms with Crippen LogP contribution in [0.3, 0.4) is 0 Å². The van der Waals surface area contributed by atoms with Gasteiger partial charge in [0.25, 0.3) is 0 Å². The molecule has 0 saturated heterocycles. The quantitative estimate of drug-likeness (QED) is 0.327. The third-order valence-electron chi connectivity index (χ3n) is 0. The number of halogens is 9. The summed E-state index contributed by atoms with van der Waals surface area (Å²) in [7, 11) is 0. The first-order valence-electron chi connectivity index (χ1n) is 0. The number of hydrogen-bond donors (Lipinski definition) is 0. The standard InChI is InChI=1S/9ClH.3Cr/h9*1H;;;/q;;;;;;;;;3*+3/p-9. The van der Waals surface area contributed by atoms with Gasteiger partial charge in [-0.2, -0.15) is 0 Å². The van der Waals surface area contributed by atoms with Crippen LogP contribution in [0.15, 0.2) is 0 Å². The van der Waals surface area contributed by atoms with Crippen molar-refractivity contribution in [3.05, 3.63) is 0 Å². The third kappa shape index (κ3) is 140. The van der Waals surface area contributed by atoms with Crippen LogP contribution < -0.4 is 112 Å². The Hall–Kier alpha value is 4.21. The predicted octanol–water partition coefficient (Wildman–Crippen LogP) is -27.0. The molecule has 0 nitrogen and oxygen atoms in total. The van der Waals surface area contributed by atoms with Crippen LogP contribution in [0.2, 0.25) is 0 Å². The molecule has 0 bridgehead atoms. The molecule has 0 aliphatic heterocycles. The second kappa shape index (κ2) is 173. The van der Waals surface area contributed by atoms with Gasteiger partial charge in [-0.1, -0.05) is 0 Å². The summed E-state index contributed by atoms with van der Waals surface area (Å²) in [5.41, 5.74) is 0. The molecular formula is Cl9Cr3. The van der Waals surface area contributed by atoms with Gasteiger partial charge in [0.2, 0.25) is 0 Å². The third-order valence-corrected chi connectivity index (χ3v) is 0. The van der Waals surface area contributed by atoms with Gasteiger partial charge in [-0.25, -0.2) is 0 Å². The molecular weight excluding hydrogens is 475 g/mol. The van der Waals surface area contributed by atoms with Gasteiger partial charge in [0.05, 0.1) is 0 Å². The average molecular weight is 475 g/mol. The van der Waals surface area contributed by atoms with E-state index < -0.39 is 0 Å². The van der Waals surface area contributed by atoms with E-state index in [0.717, 1.165) is 0 Å². The summed E-state index contributed by atoms with van der Waals surface area (Å²) in [6, 6.07) is 0. The van der Waals surface area contributed by atoms with Crippen molar-refractivity contribution in [1.82, 2.24) is 0 Å². The Bertz CT molecular complexity index is 9.74. The molecule has 0 saturated carbocycles. The van der Waals surface area contributed by atoms with Gasteiger partial charge in [-0.05, 0) is 0 Å². The van der Waals surface area contributed by atoms with Crippen LogP contribution in [0, 0.1) is 0 Å². The summed E-state index contributed by atoms with van der Waals surface area (Å²) < 4.78 is 0. The van der Waals surface area contributed by atoms with E-state index in [-0.39, 0.29) is 164 Å². The Labute approximate surface area is 161 Å². The number of hydrogen-bond acceptors (Lipinski definition) is 0. The Kier molecular flexibility index (Phi) is 3060. The van der Waals surface area contributed by atoms with Crippen LogP contribution in [0.4, 0.5) is 0 Å². The molecule has 0 heterocycles. The van der Waals surface area contributed by atoms with Crippen molar-refractivity contribution in [2.24, 2.45) is 0 Å². The zero-order chi connectivity index (χ0) is 0. The first-order chi connectivity index (χ1) is 0. The van der Waals surface area contributed by atoms with E-state index in [1.165, 1.54) is 0 Å². The zero-order valence-corrected chi connectivity index (χ0v) is 15.3. The molecule has 12 heavy (non-hydrogen) atoms. The summed E-state index contributed by atoms with van der Waals surface area (Å²) in [5, 5.41) is 0. The Balaban J connectivity index is 0. The molecule has 0 unspecified atom stereocenters. The van der Waals surface area contributed by atoms with Gasteiger partial charge in [0.15, 0.2) is 0 Å². The van der Waals surface area contributed by atoms with Crippen molar-refractivity contribution < 1.29 is 164 Å². The molecule has 0 aliphatic rings. The van der Waals surface area contributed by atoms with Crippen LogP contribution in [-0.4, -0.2) is 0 Å².